The molecule has 2 aromatic rings. The van der Waals surface area contributed by atoms with Gasteiger partial charge in [0, 0.05) is 17.3 Å². The summed E-state index contributed by atoms with van der Waals surface area (Å²) in [5, 5.41) is 3.11. The summed E-state index contributed by atoms with van der Waals surface area (Å²) < 4.78 is 5.01. The van der Waals surface area contributed by atoms with Crippen LogP contribution in [0.5, 0.6) is 0 Å². The molecule has 1 aliphatic rings. The summed E-state index contributed by atoms with van der Waals surface area (Å²) in [4.78, 5) is 50.2. The quantitative estimate of drug-likeness (QED) is 0.577. The van der Waals surface area contributed by atoms with Crippen LogP contribution in [0.15, 0.2) is 42.5 Å². The Balaban J connectivity index is 1.63. The zero-order valence-corrected chi connectivity index (χ0v) is 16.7. The maximum absolute atomic E-state index is 12.5. The number of carbonyl (C=O) groups excluding carboxylic acids is 4. The average molecular weight is 415 g/mol. The van der Waals surface area contributed by atoms with Crippen LogP contribution in [-0.4, -0.2) is 41.7 Å². The number of hydrogen-bond acceptors (Lipinski definition) is 5. The molecule has 1 N–H and O–H groups in total. The van der Waals surface area contributed by atoms with Crippen molar-refractivity contribution in [3.63, 3.8) is 0 Å². The Bertz CT molecular complexity index is 985. The number of benzene rings is 2. The van der Waals surface area contributed by atoms with Crippen LogP contribution >= 0.6 is 11.6 Å². The van der Waals surface area contributed by atoms with Gasteiger partial charge >= 0.3 is 5.97 Å². The minimum absolute atomic E-state index is 0.0931. The Morgan fingerprint density at radius 3 is 2.34 bits per heavy atom. The largest absolute Gasteiger partial charge is 0.452 e. The lowest BCUT2D eigenvalue weighted by atomic mass is 10.1. The van der Waals surface area contributed by atoms with Crippen molar-refractivity contribution in [2.45, 2.75) is 13.8 Å². The highest BCUT2D eigenvalue weighted by Crippen LogP contribution is 2.25. The van der Waals surface area contributed by atoms with Crippen LogP contribution in [0.2, 0.25) is 5.02 Å². The normalized spacial score (nSPS) is 12.9. The molecule has 0 unspecified atom stereocenters. The molecule has 0 fully saturated rings. The van der Waals surface area contributed by atoms with Crippen molar-refractivity contribution in [1.82, 2.24) is 4.90 Å². The van der Waals surface area contributed by atoms with Gasteiger partial charge in [-0.15, -0.1) is 0 Å². The van der Waals surface area contributed by atoms with Crippen molar-refractivity contribution in [3.8, 4) is 0 Å². The van der Waals surface area contributed by atoms with Gasteiger partial charge in [0.2, 0.25) is 0 Å². The second kappa shape index (κ2) is 8.45. The van der Waals surface area contributed by atoms with Gasteiger partial charge in [-0.05, 0) is 48.4 Å². The van der Waals surface area contributed by atoms with E-state index in [-0.39, 0.29) is 28.5 Å². The van der Waals surface area contributed by atoms with Crippen molar-refractivity contribution in [2.75, 3.05) is 18.5 Å². The number of nitrogens with zero attached hydrogens (tertiary/aromatic N) is 1. The van der Waals surface area contributed by atoms with E-state index in [0.717, 1.165) is 0 Å². The Kier molecular flexibility index (Phi) is 5.98. The number of ether oxygens (including phenoxy) is 1. The second-order valence-electron chi connectivity index (χ2n) is 7.01. The first kappa shape index (κ1) is 20.5. The molecule has 2 aromatic carbocycles. The van der Waals surface area contributed by atoms with E-state index < -0.39 is 24.4 Å². The number of rotatable bonds is 6. The van der Waals surface area contributed by atoms with E-state index in [1.165, 1.54) is 23.1 Å². The van der Waals surface area contributed by atoms with Crippen molar-refractivity contribution < 1.29 is 23.9 Å². The summed E-state index contributed by atoms with van der Waals surface area (Å²) >= 11 is 5.78. The first-order chi connectivity index (χ1) is 13.8. The van der Waals surface area contributed by atoms with Crippen LogP contribution in [0.25, 0.3) is 0 Å². The van der Waals surface area contributed by atoms with Crippen molar-refractivity contribution in [1.29, 1.82) is 0 Å². The zero-order valence-electron chi connectivity index (χ0n) is 15.9. The summed E-state index contributed by atoms with van der Waals surface area (Å²) in [5.41, 5.74) is 1.03. The van der Waals surface area contributed by atoms with Crippen LogP contribution < -0.4 is 5.32 Å². The predicted octanol–water partition coefficient (Wildman–Crippen LogP) is 3.39. The molecule has 3 rings (SSSR count). The number of imide groups is 1. The molecule has 0 aromatic heterocycles. The Labute approximate surface area is 172 Å². The molecule has 150 valence electrons. The van der Waals surface area contributed by atoms with Crippen molar-refractivity contribution >= 4 is 41.0 Å². The zero-order chi connectivity index (χ0) is 21.1. The molecular formula is C21H19ClN2O5. The first-order valence-electron chi connectivity index (χ1n) is 8.99. The summed E-state index contributed by atoms with van der Waals surface area (Å²) in [5.74, 6) is -1.96. The van der Waals surface area contributed by atoms with E-state index in [1.807, 2.05) is 13.8 Å². The number of anilines is 1. The lowest BCUT2D eigenvalue weighted by Crippen LogP contribution is -2.33. The number of fused-ring (bicyclic) bond motifs is 1. The summed E-state index contributed by atoms with van der Waals surface area (Å²) in [7, 11) is 0. The van der Waals surface area contributed by atoms with Crippen molar-refractivity contribution in [2.24, 2.45) is 5.92 Å². The first-order valence-corrected chi connectivity index (χ1v) is 9.37. The molecule has 0 aliphatic carbocycles. The van der Waals surface area contributed by atoms with Gasteiger partial charge in [0.25, 0.3) is 17.7 Å². The monoisotopic (exact) mass is 414 g/mol. The fraction of sp³-hybridized carbons (Fsp3) is 0.238. The van der Waals surface area contributed by atoms with Crippen LogP contribution in [0, 0.1) is 5.92 Å². The third-order valence-corrected chi connectivity index (χ3v) is 4.47. The fourth-order valence-electron chi connectivity index (χ4n) is 2.89. The second-order valence-corrected chi connectivity index (χ2v) is 7.44. The Morgan fingerprint density at radius 1 is 1.03 bits per heavy atom. The molecule has 0 saturated carbocycles. The molecule has 0 bridgehead atoms. The highest BCUT2D eigenvalue weighted by Gasteiger charge is 2.36. The molecule has 1 aliphatic heterocycles. The highest BCUT2D eigenvalue weighted by molar-refractivity contribution is 6.30. The molecule has 1 heterocycles. The van der Waals surface area contributed by atoms with E-state index in [0.29, 0.717) is 17.3 Å². The minimum atomic E-state index is -0.762. The van der Waals surface area contributed by atoms with Gasteiger partial charge in [0.15, 0.2) is 6.61 Å². The van der Waals surface area contributed by atoms with Crippen molar-refractivity contribution in [3.05, 3.63) is 64.2 Å². The third kappa shape index (κ3) is 4.63. The molecule has 7 nitrogen and oxygen atoms in total. The number of hydrogen-bond donors (Lipinski definition) is 1. The number of esters is 1. The van der Waals surface area contributed by atoms with E-state index in [2.05, 4.69) is 5.32 Å². The lowest BCUT2D eigenvalue weighted by molar-refractivity contribution is -0.119. The standard InChI is InChI=1S/C21H19ClN2O5/c1-12(2)10-24-19(26)16-8-3-13(9-17(16)20(24)27)21(28)29-11-18(25)23-15-6-4-14(22)5-7-15/h3-9,12H,10-11H2,1-2H3,(H,23,25). The van der Waals surface area contributed by atoms with Crippen LogP contribution in [0.4, 0.5) is 5.69 Å². The maximum Gasteiger partial charge on any atom is 0.338 e. The van der Waals surface area contributed by atoms with Gasteiger partial charge in [-0.3, -0.25) is 19.3 Å². The average Bonchev–Trinajstić information content (AvgIpc) is 2.92. The summed E-state index contributed by atoms with van der Waals surface area (Å²) in [6, 6.07) is 10.6. The fourth-order valence-corrected chi connectivity index (χ4v) is 3.02. The van der Waals surface area contributed by atoms with Gasteiger partial charge in [-0.1, -0.05) is 25.4 Å². The van der Waals surface area contributed by atoms with E-state index in [9.17, 15) is 19.2 Å². The van der Waals surface area contributed by atoms with Gasteiger partial charge in [0.05, 0.1) is 16.7 Å². The van der Waals surface area contributed by atoms with E-state index in [1.54, 1.807) is 24.3 Å². The molecule has 0 saturated heterocycles. The number of carbonyl (C=O) groups is 4. The van der Waals surface area contributed by atoms with Crippen LogP contribution in [0.3, 0.4) is 0 Å². The lowest BCUT2D eigenvalue weighted by Gasteiger charge is -2.15. The summed E-state index contributed by atoms with van der Waals surface area (Å²) in [6.07, 6.45) is 0. The summed E-state index contributed by atoms with van der Waals surface area (Å²) in [6.45, 7) is 3.62. The molecule has 29 heavy (non-hydrogen) atoms. The van der Waals surface area contributed by atoms with Crippen LogP contribution in [-0.2, 0) is 9.53 Å². The van der Waals surface area contributed by atoms with E-state index in [4.69, 9.17) is 16.3 Å². The number of amides is 3. The Hall–Kier alpha value is -3.19. The Morgan fingerprint density at radius 2 is 1.69 bits per heavy atom. The molecule has 0 atom stereocenters. The highest BCUT2D eigenvalue weighted by atomic mass is 35.5. The van der Waals surface area contributed by atoms with Gasteiger partial charge in [0.1, 0.15) is 0 Å². The molecule has 8 heteroatoms. The maximum atomic E-state index is 12.5. The topological polar surface area (TPSA) is 92.8 Å². The van der Waals surface area contributed by atoms with E-state index >= 15 is 0 Å². The van der Waals surface area contributed by atoms with Crippen LogP contribution in [0.1, 0.15) is 44.9 Å². The van der Waals surface area contributed by atoms with Gasteiger partial charge in [-0.2, -0.15) is 0 Å². The number of halogens is 1. The molecule has 0 spiro atoms. The van der Waals surface area contributed by atoms with Gasteiger partial charge < -0.3 is 10.1 Å². The molecular weight excluding hydrogens is 396 g/mol. The molecule has 3 amide bonds. The smallest absolute Gasteiger partial charge is 0.338 e. The number of nitrogens with one attached hydrogen (secondary N) is 1. The third-order valence-electron chi connectivity index (χ3n) is 4.22. The molecule has 0 radical (unpaired) electrons. The predicted molar refractivity (Wildman–Crippen MR) is 107 cm³/mol. The van der Waals surface area contributed by atoms with Gasteiger partial charge in [-0.25, -0.2) is 4.79 Å². The SMILES string of the molecule is CC(C)CN1C(=O)c2ccc(C(=O)OCC(=O)Nc3ccc(Cl)cc3)cc2C1=O. The minimum Gasteiger partial charge on any atom is -0.452 e.